The molecule has 0 spiro atoms. The third-order valence-corrected chi connectivity index (χ3v) is 2.69. The van der Waals surface area contributed by atoms with E-state index in [2.05, 4.69) is 10.1 Å². The van der Waals surface area contributed by atoms with Crippen LogP contribution in [0.15, 0.2) is 12.1 Å². The average Bonchev–Trinajstić information content (AvgIpc) is 2.20. The van der Waals surface area contributed by atoms with E-state index < -0.39 is 17.6 Å². The second-order valence-electron chi connectivity index (χ2n) is 3.53. The Bertz CT molecular complexity index is 591. The molecular formula is C10H10BFO5S. The van der Waals surface area contributed by atoms with Crippen molar-refractivity contribution in [2.45, 2.75) is 13.3 Å². The second-order valence-corrected chi connectivity index (χ2v) is 4.48. The van der Waals surface area contributed by atoms with E-state index in [0.29, 0.717) is 11.1 Å². The molecule has 0 radical (unpaired) electrons. The van der Waals surface area contributed by atoms with Gasteiger partial charge in [-0.3, -0.25) is 0 Å². The van der Waals surface area contributed by atoms with Gasteiger partial charge < -0.3 is 14.2 Å². The summed E-state index contributed by atoms with van der Waals surface area (Å²) in [5, 5.41) is 18.3. The van der Waals surface area contributed by atoms with Crippen LogP contribution in [0.25, 0.3) is 0 Å². The van der Waals surface area contributed by atoms with Gasteiger partial charge in [0.15, 0.2) is 0 Å². The van der Waals surface area contributed by atoms with Crippen LogP contribution in [-0.4, -0.2) is 25.6 Å². The normalized spacial score (nSPS) is 10.8. The molecule has 0 atom stereocenters. The fraction of sp³-hybridized carbons (Fsp3) is 0.200. The minimum atomic E-state index is -5.18. The molecule has 5 nitrogen and oxygen atoms in total. The van der Waals surface area contributed by atoms with E-state index in [1.807, 2.05) is 0 Å². The summed E-state index contributed by atoms with van der Waals surface area (Å²) in [5.74, 6) is 1.95. The van der Waals surface area contributed by atoms with E-state index in [9.17, 15) is 12.3 Å². The highest BCUT2D eigenvalue weighted by atomic mass is 32.3. The molecule has 0 unspecified atom stereocenters. The summed E-state index contributed by atoms with van der Waals surface area (Å²) in [6.45, 7) is 1.58. The highest BCUT2D eigenvalue weighted by Crippen LogP contribution is 2.18. The minimum absolute atomic E-state index is 0.00130. The maximum absolute atomic E-state index is 12.4. The minimum Gasteiger partial charge on any atom is -0.423 e. The maximum Gasteiger partial charge on any atom is 0.488 e. The molecule has 1 rings (SSSR count). The third-order valence-electron chi connectivity index (χ3n) is 2.30. The molecule has 0 fully saturated rings. The Hall–Kier alpha value is -1.56. The van der Waals surface area contributed by atoms with E-state index in [0.717, 1.165) is 6.07 Å². The van der Waals surface area contributed by atoms with Crippen LogP contribution in [0.3, 0.4) is 0 Å². The molecule has 0 bridgehead atoms. The molecular weight excluding hydrogens is 262 g/mol. The van der Waals surface area contributed by atoms with Crippen LogP contribution < -0.4 is 9.65 Å². The Balaban J connectivity index is 3.34. The summed E-state index contributed by atoms with van der Waals surface area (Å²) >= 11 is 0. The lowest BCUT2D eigenvalue weighted by Gasteiger charge is -2.11. The van der Waals surface area contributed by atoms with Gasteiger partial charge in [-0.1, -0.05) is 3.89 Å². The Morgan fingerprint density at radius 3 is 2.56 bits per heavy atom. The Morgan fingerprint density at radius 2 is 2.11 bits per heavy atom. The van der Waals surface area contributed by atoms with E-state index in [4.69, 9.17) is 16.5 Å². The smallest absolute Gasteiger partial charge is 0.423 e. The predicted molar refractivity (Wildman–Crippen MR) is 64.2 cm³/mol. The molecule has 0 saturated carbocycles. The van der Waals surface area contributed by atoms with E-state index in [1.54, 1.807) is 6.92 Å². The van der Waals surface area contributed by atoms with Crippen molar-refractivity contribution >= 4 is 23.1 Å². The highest BCUT2D eigenvalue weighted by molar-refractivity contribution is 7.81. The predicted octanol–water partition coefficient (Wildman–Crippen LogP) is -0.556. The van der Waals surface area contributed by atoms with Gasteiger partial charge in [0.2, 0.25) is 0 Å². The average molecular weight is 272 g/mol. The zero-order chi connectivity index (χ0) is 13.9. The Morgan fingerprint density at radius 1 is 1.50 bits per heavy atom. The fourth-order valence-electron chi connectivity index (χ4n) is 1.49. The quantitative estimate of drug-likeness (QED) is 0.436. The number of hydrogen-bond acceptors (Lipinski definition) is 5. The number of benzene rings is 1. The Labute approximate surface area is 105 Å². The van der Waals surface area contributed by atoms with Crippen molar-refractivity contribution in [2.75, 3.05) is 0 Å². The number of terminal acetylenes is 1. The van der Waals surface area contributed by atoms with Crippen molar-refractivity contribution in [3.05, 3.63) is 23.3 Å². The Kier molecular flexibility index (Phi) is 4.35. The molecule has 1 aromatic carbocycles. The summed E-state index contributed by atoms with van der Waals surface area (Å²) in [6, 6.07) is 2.26. The molecule has 1 aromatic rings. The maximum atomic E-state index is 12.4. The fourth-order valence-corrected chi connectivity index (χ4v) is 1.82. The first kappa shape index (κ1) is 14.5. The molecule has 0 aliphatic heterocycles. The van der Waals surface area contributed by atoms with Crippen LogP contribution in [0.2, 0.25) is 0 Å². The lowest BCUT2D eigenvalue weighted by atomic mass is 9.75. The van der Waals surface area contributed by atoms with Crippen LogP contribution in [0.4, 0.5) is 3.89 Å². The van der Waals surface area contributed by atoms with Gasteiger partial charge in [-0.25, -0.2) is 0 Å². The van der Waals surface area contributed by atoms with Gasteiger partial charge in [-0.05, 0) is 35.6 Å². The zero-order valence-electron chi connectivity index (χ0n) is 9.42. The SMILES string of the molecule is C#CCc1cc(OS(=O)(=O)F)cc(B(O)O)c1C. The van der Waals surface area contributed by atoms with Crippen LogP contribution in [-0.2, 0) is 16.9 Å². The van der Waals surface area contributed by atoms with Crippen molar-refractivity contribution in [3.63, 3.8) is 0 Å². The van der Waals surface area contributed by atoms with Crippen LogP contribution in [0, 0.1) is 19.3 Å². The standard InChI is InChI=1S/C10H10BFO5S/c1-3-4-8-5-9(17-18(12,15)16)6-10(7(8)2)11(13)14/h1,5-6,13-14H,4H2,2H3. The lowest BCUT2D eigenvalue weighted by molar-refractivity contribution is 0.423. The van der Waals surface area contributed by atoms with Gasteiger partial charge in [0.1, 0.15) is 5.75 Å². The highest BCUT2D eigenvalue weighted by Gasteiger charge is 2.20. The summed E-state index contributed by atoms with van der Waals surface area (Å²) < 4.78 is 37.2. The number of halogens is 1. The molecule has 0 aliphatic carbocycles. The van der Waals surface area contributed by atoms with Crippen LogP contribution in [0.1, 0.15) is 11.1 Å². The summed E-state index contributed by atoms with van der Waals surface area (Å²) in [7, 11) is -7.02. The molecule has 0 aromatic heterocycles. The molecule has 2 N–H and O–H groups in total. The van der Waals surface area contributed by atoms with Crippen LogP contribution >= 0.6 is 0 Å². The second kappa shape index (κ2) is 5.39. The summed E-state index contributed by atoms with van der Waals surface area (Å²) in [4.78, 5) is 0. The molecule has 8 heteroatoms. The molecule has 0 saturated heterocycles. The monoisotopic (exact) mass is 272 g/mol. The van der Waals surface area contributed by atoms with Gasteiger partial charge >= 0.3 is 17.6 Å². The van der Waals surface area contributed by atoms with Crippen molar-refractivity contribution < 1.29 is 26.5 Å². The van der Waals surface area contributed by atoms with E-state index in [-0.39, 0.29) is 17.6 Å². The third kappa shape index (κ3) is 3.73. The van der Waals surface area contributed by atoms with Gasteiger partial charge in [-0.2, -0.15) is 8.42 Å². The topological polar surface area (TPSA) is 83.8 Å². The van der Waals surface area contributed by atoms with Crippen molar-refractivity contribution in [1.82, 2.24) is 0 Å². The number of rotatable bonds is 4. The van der Waals surface area contributed by atoms with Crippen molar-refractivity contribution in [1.29, 1.82) is 0 Å². The first-order chi connectivity index (χ1) is 8.24. The van der Waals surface area contributed by atoms with Crippen molar-refractivity contribution in [2.24, 2.45) is 0 Å². The van der Waals surface area contributed by atoms with Crippen molar-refractivity contribution in [3.8, 4) is 18.1 Å². The van der Waals surface area contributed by atoms with E-state index >= 15 is 0 Å². The molecule has 96 valence electrons. The van der Waals surface area contributed by atoms with Gasteiger partial charge in [-0.15, -0.1) is 12.3 Å². The van der Waals surface area contributed by atoms with Gasteiger partial charge in [0.05, 0.1) is 0 Å². The lowest BCUT2D eigenvalue weighted by Crippen LogP contribution is -2.33. The summed E-state index contributed by atoms with van der Waals surface area (Å²) in [5.41, 5.74) is 0.926. The van der Waals surface area contributed by atoms with Crippen LogP contribution in [0.5, 0.6) is 5.75 Å². The first-order valence-corrected chi connectivity index (χ1v) is 6.12. The zero-order valence-corrected chi connectivity index (χ0v) is 10.2. The molecule has 0 amide bonds. The molecule has 0 aliphatic rings. The number of hydrogen-bond donors (Lipinski definition) is 2. The summed E-state index contributed by atoms with van der Waals surface area (Å²) in [6.07, 6.45) is 5.24. The molecule has 0 heterocycles. The van der Waals surface area contributed by atoms with E-state index in [1.165, 1.54) is 6.07 Å². The largest absolute Gasteiger partial charge is 0.488 e. The van der Waals surface area contributed by atoms with Gasteiger partial charge in [0, 0.05) is 6.42 Å². The molecule has 18 heavy (non-hydrogen) atoms. The van der Waals surface area contributed by atoms with Gasteiger partial charge in [0.25, 0.3) is 0 Å². The first-order valence-electron chi connectivity index (χ1n) is 4.81.